The highest BCUT2D eigenvalue weighted by molar-refractivity contribution is 5.94. The van der Waals surface area contributed by atoms with Gasteiger partial charge in [0.15, 0.2) is 0 Å². The number of carbonyl (C=O) groups excluding carboxylic acids is 2. The SMILES string of the molecule is CC(=O)N[C@@H]1C(=O)N(Cc2ccccc2)C1(C)C. The highest BCUT2D eigenvalue weighted by atomic mass is 16.2. The lowest BCUT2D eigenvalue weighted by atomic mass is 9.81. The van der Waals surface area contributed by atoms with Crippen LogP contribution in [0.4, 0.5) is 0 Å². The number of hydrogen-bond acceptors (Lipinski definition) is 2. The zero-order chi connectivity index (χ0) is 13.3. The third-order valence-electron chi connectivity index (χ3n) is 3.45. The largest absolute Gasteiger partial charge is 0.342 e. The van der Waals surface area contributed by atoms with Gasteiger partial charge in [0.05, 0.1) is 5.54 Å². The molecule has 4 nitrogen and oxygen atoms in total. The Morgan fingerprint density at radius 2 is 1.94 bits per heavy atom. The van der Waals surface area contributed by atoms with Gasteiger partial charge < -0.3 is 10.2 Å². The quantitative estimate of drug-likeness (QED) is 0.818. The highest BCUT2D eigenvalue weighted by Crippen LogP contribution is 2.33. The van der Waals surface area contributed by atoms with Crippen molar-refractivity contribution in [3.05, 3.63) is 35.9 Å². The van der Waals surface area contributed by atoms with Gasteiger partial charge in [-0.1, -0.05) is 30.3 Å². The number of carbonyl (C=O) groups is 2. The van der Waals surface area contributed by atoms with E-state index >= 15 is 0 Å². The molecule has 1 aliphatic rings. The van der Waals surface area contributed by atoms with Crippen molar-refractivity contribution in [1.82, 2.24) is 10.2 Å². The molecule has 1 atom stereocenters. The summed E-state index contributed by atoms with van der Waals surface area (Å²) in [5.74, 6) is -0.181. The molecule has 1 aromatic rings. The van der Waals surface area contributed by atoms with Crippen LogP contribution in [0, 0.1) is 0 Å². The molecule has 0 spiro atoms. The van der Waals surface area contributed by atoms with Crippen molar-refractivity contribution in [3.63, 3.8) is 0 Å². The van der Waals surface area contributed by atoms with Gasteiger partial charge >= 0.3 is 0 Å². The monoisotopic (exact) mass is 246 g/mol. The number of nitrogens with one attached hydrogen (secondary N) is 1. The average Bonchev–Trinajstić information content (AvgIpc) is 2.34. The fourth-order valence-corrected chi connectivity index (χ4v) is 2.32. The van der Waals surface area contributed by atoms with Gasteiger partial charge in [0.1, 0.15) is 6.04 Å². The second-order valence-corrected chi connectivity index (χ2v) is 5.20. The van der Waals surface area contributed by atoms with Gasteiger partial charge in [0, 0.05) is 13.5 Å². The molecule has 4 heteroatoms. The van der Waals surface area contributed by atoms with Crippen LogP contribution in [0.15, 0.2) is 30.3 Å². The predicted octanol–water partition coefficient (Wildman–Crippen LogP) is 1.31. The summed E-state index contributed by atoms with van der Waals surface area (Å²) in [5, 5.41) is 2.70. The fraction of sp³-hybridized carbons (Fsp3) is 0.429. The molecular formula is C14H18N2O2. The Hall–Kier alpha value is -1.84. The summed E-state index contributed by atoms with van der Waals surface area (Å²) in [6, 6.07) is 9.45. The minimum Gasteiger partial charge on any atom is -0.342 e. The summed E-state index contributed by atoms with van der Waals surface area (Å²) >= 11 is 0. The van der Waals surface area contributed by atoms with Crippen molar-refractivity contribution in [2.24, 2.45) is 0 Å². The topological polar surface area (TPSA) is 49.4 Å². The van der Waals surface area contributed by atoms with Crippen molar-refractivity contribution >= 4 is 11.8 Å². The summed E-state index contributed by atoms with van der Waals surface area (Å²) in [4.78, 5) is 24.9. The molecule has 96 valence electrons. The molecular weight excluding hydrogens is 228 g/mol. The summed E-state index contributed by atoms with van der Waals surface area (Å²) < 4.78 is 0. The second kappa shape index (κ2) is 4.44. The number of nitrogens with zero attached hydrogens (tertiary/aromatic N) is 1. The number of β-lactam (4-membered cyclic amide) rings is 1. The van der Waals surface area contributed by atoms with E-state index in [-0.39, 0.29) is 17.4 Å². The Balaban J connectivity index is 2.08. The third-order valence-corrected chi connectivity index (χ3v) is 3.45. The normalized spacial score (nSPS) is 21.4. The van der Waals surface area contributed by atoms with E-state index in [9.17, 15) is 9.59 Å². The Kier molecular flexibility index (Phi) is 3.11. The number of amides is 2. The van der Waals surface area contributed by atoms with E-state index in [4.69, 9.17) is 0 Å². The van der Waals surface area contributed by atoms with Gasteiger partial charge in [-0.3, -0.25) is 9.59 Å². The Morgan fingerprint density at radius 1 is 1.33 bits per heavy atom. The molecule has 1 saturated heterocycles. The summed E-state index contributed by atoms with van der Waals surface area (Å²) in [5.41, 5.74) is 0.763. The molecule has 2 amide bonds. The van der Waals surface area contributed by atoms with Crippen molar-refractivity contribution < 1.29 is 9.59 Å². The van der Waals surface area contributed by atoms with Crippen molar-refractivity contribution in [2.45, 2.75) is 38.9 Å². The Morgan fingerprint density at radius 3 is 2.44 bits per heavy atom. The first-order valence-electron chi connectivity index (χ1n) is 6.05. The fourth-order valence-electron chi connectivity index (χ4n) is 2.32. The van der Waals surface area contributed by atoms with Crippen LogP contribution in [0.1, 0.15) is 26.3 Å². The van der Waals surface area contributed by atoms with Crippen molar-refractivity contribution in [3.8, 4) is 0 Å². The van der Waals surface area contributed by atoms with E-state index in [0.717, 1.165) is 5.56 Å². The standard InChI is InChI=1S/C14H18N2O2/c1-10(17)15-12-13(18)16(14(12,2)3)9-11-7-5-4-6-8-11/h4-8,12H,9H2,1-3H3,(H,15,17)/t12-/m1/s1. The lowest BCUT2D eigenvalue weighted by Gasteiger charge is -2.54. The first kappa shape index (κ1) is 12.6. The molecule has 1 N–H and O–H groups in total. The second-order valence-electron chi connectivity index (χ2n) is 5.20. The van der Waals surface area contributed by atoms with E-state index in [1.807, 2.05) is 44.2 Å². The molecule has 0 radical (unpaired) electrons. The molecule has 1 heterocycles. The first-order chi connectivity index (χ1) is 8.43. The van der Waals surface area contributed by atoms with Crippen molar-refractivity contribution in [1.29, 1.82) is 0 Å². The maximum atomic E-state index is 12.0. The Labute approximate surface area is 107 Å². The lowest BCUT2D eigenvalue weighted by Crippen LogP contribution is -2.76. The molecule has 2 rings (SSSR count). The molecule has 0 saturated carbocycles. The predicted molar refractivity (Wildman–Crippen MR) is 68.7 cm³/mol. The van der Waals surface area contributed by atoms with Gasteiger partial charge in [0.25, 0.3) is 0 Å². The highest BCUT2D eigenvalue weighted by Gasteiger charge is 2.54. The number of benzene rings is 1. The number of hydrogen-bond donors (Lipinski definition) is 1. The van der Waals surface area contributed by atoms with Gasteiger partial charge in [-0.15, -0.1) is 0 Å². The van der Waals surface area contributed by atoms with Gasteiger partial charge in [-0.05, 0) is 19.4 Å². The third kappa shape index (κ3) is 2.10. The number of likely N-dealkylation sites (tertiary alicyclic amines) is 1. The van der Waals surface area contributed by atoms with E-state index in [1.165, 1.54) is 6.92 Å². The van der Waals surface area contributed by atoms with E-state index in [2.05, 4.69) is 5.32 Å². The Bertz CT molecular complexity index is 468. The van der Waals surface area contributed by atoms with Crippen LogP contribution in [0.5, 0.6) is 0 Å². The van der Waals surface area contributed by atoms with E-state index in [0.29, 0.717) is 6.54 Å². The maximum Gasteiger partial charge on any atom is 0.248 e. The average molecular weight is 246 g/mol. The lowest BCUT2D eigenvalue weighted by molar-refractivity contribution is -0.163. The van der Waals surface area contributed by atoms with Crippen LogP contribution in [0.25, 0.3) is 0 Å². The van der Waals surface area contributed by atoms with Crippen LogP contribution in [-0.2, 0) is 16.1 Å². The number of rotatable bonds is 3. The van der Waals surface area contributed by atoms with Crippen LogP contribution in [0.3, 0.4) is 0 Å². The van der Waals surface area contributed by atoms with E-state index < -0.39 is 6.04 Å². The molecule has 1 fully saturated rings. The zero-order valence-corrected chi connectivity index (χ0v) is 10.9. The molecule has 0 bridgehead atoms. The molecule has 1 aromatic carbocycles. The first-order valence-corrected chi connectivity index (χ1v) is 6.05. The minimum absolute atomic E-state index is 0.0148. The molecule has 0 unspecified atom stereocenters. The van der Waals surface area contributed by atoms with Crippen molar-refractivity contribution in [2.75, 3.05) is 0 Å². The molecule has 1 aliphatic heterocycles. The van der Waals surface area contributed by atoms with E-state index in [1.54, 1.807) is 4.90 Å². The molecule has 0 aromatic heterocycles. The summed E-state index contributed by atoms with van der Waals surface area (Å²) in [6.45, 7) is 5.96. The van der Waals surface area contributed by atoms with Crippen LogP contribution < -0.4 is 5.32 Å². The smallest absolute Gasteiger partial charge is 0.248 e. The van der Waals surface area contributed by atoms with Crippen LogP contribution in [-0.4, -0.2) is 28.3 Å². The summed E-state index contributed by atoms with van der Waals surface area (Å²) in [7, 11) is 0. The van der Waals surface area contributed by atoms with Crippen LogP contribution in [0.2, 0.25) is 0 Å². The molecule has 0 aliphatic carbocycles. The van der Waals surface area contributed by atoms with Gasteiger partial charge in [-0.25, -0.2) is 0 Å². The maximum absolute atomic E-state index is 12.0. The van der Waals surface area contributed by atoms with Crippen LogP contribution >= 0.6 is 0 Å². The van der Waals surface area contributed by atoms with Gasteiger partial charge in [0.2, 0.25) is 11.8 Å². The summed E-state index contributed by atoms with van der Waals surface area (Å²) in [6.07, 6.45) is 0. The molecule has 18 heavy (non-hydrogen) atoms. The minimum atomic E-state index is -0.404. The zero-order valence-electron chi connectivity index (χ0n) is 10.9. The van der Waals surface area contributed by atoms with Gasteiger partial charge in [-0.2, -0.15) is 0 Å².